The molecule has 5 rings (SSSR count). The van der Waals surface area contributed by atoms with Crippen LogP contribution in [0.1, 0.15) is 20.7 Å². The molecule has 0 atom stereocenters. The lowest BCUT2D eigenvalue weighted by molar-refractivity contribution is 0.0965. The minimum atomic E-state index is -0.0794. The van der Waals surface area contributed by atoms with Gasteiger partial charge in [-0.25, -0.2) is 0 Å². The van der Waals surface area contributed by atoms with E-state index in [1.165, 1.54) is 21.6 Å². The summed E-state index contributed by atoms with van der Waals surface area (Å²) >= 11 is 0. The van der Waals surface area contributed by atoms with Crippen LogP contribution in [0.3, 0.4) is 0 Å². The summed E-state index contributed by atoms with van der Waals surface area (Å²) in [6, 6.07) is 34.6. The van der Waals surface area contributed by atoms with Gasteiger partial charge in [0.2, 0.25) is 0 Å². The summed E-state index contributed by atoms with van der Waals surface area (Å²) in [5.41, 5.74) is 2.91. The smallest absolute Gasteiger partial charge is 0.259 e. The first-order chi connectivity index (χ1) is 16.7. The number of nitrogens with zero attached hydrogens (tertiary/aromatic N) is 2. The highest BCUT2D eigenvalue weighted by Crippen LogP contribution is 2.41. The Labute approximate surface area is 207 Å². The average molecular weight is 483 g/mol. The van der Waals surface area contributed by atoms with E-state index in [-0.39, 0.29) is 11.8 Å². The SMILES string of the molecule is O=C1c2ccccc2SSc2ccccc2C(=O)N(c2ccccc2)CCN1c1ccccc1. The second kappa shape index (κ2) is 10.2. The second-order valence-corrected chi connectivity index (χ2v) is 9.96. The van der Waals surface area contributed by atoms with Gasteiger partial charge in [0.05, 0.1) is 11.1 Å². The number of anilines is 2. The first-order valence-corrected chi connectivity index (χ1v) is 13.1. The Morgan fingerprint density at radius 1 is 0.471 bits per heavy atom. The number of hydrogen-bond acceptors (Lipinski definition) is 4. The van der Waals surface area contributed by atoms with Gasteiger partial charge in [-0.3, -0.25) is 9.59 Å². The molecule has 0 bridgehead atoms. The zero-order valence-corrected chi connectivity index (χ0v) is 20.0. The summed E-state index contributed by atoms with van der Waals surface area (Å²) in [6.45, 7) is 0.718. The Hall–Kier alpha value is -3.48. The number of fused-ring (bicyclic) bond motifs is 2. The fraction of sp³-hybridized carbons (Fsp3) is 0.0714. The topological polar surface area (TPSA) is 40.6 Å². The normalized spacial score (nSPS) is 14.6. The second-order valence-electron chi connectivity index (χ2n) is 7.74. The predicted octanol–water partition coefficient (Wildman–Crippen LogP) is 6.79. The molecule has 0 spiro atoms. The largest absolute Gasteiger partial charge is 0.307 e. The molecule has 168 valence electrons. The van der Waals surface area contributed by atoms with E-state index in [0.29, 0.717) is 24.2 Å². The number of hydrogen-bond donors (Lipinski definition) is 0. The molecular weight excluding hydrogens is 460 g/mol. The first-order valence-electron chi connectivity index (χ1n) is 11.0. The maximum absolute atomic E-state index is 13.8. The van der Waals surface area contributed by atoms with Gasteiger partial charge in [0, 0.05) is 34.3 Å². The molecule has 1 aliphatic heterocycles. The number of carbonyl (C=O) groups excluding carboxylic acids is 2. The van der Waals surface area contributed by atoms with Crippen LogP contribution in [-0.4, -0.2) is 24.9 Å². The summed E-state index contributed by atoms with van der Waals surface area (Å²) < 4.78 is 0. The van der Waals surface area contributed by atoms with Crippen molar-refractivity contribution in [3.63, 3.8) is 0 Å². The third kappa shape index (κ3) is 4.60. The van der Waals surface area contributed by atoms with Crippen molar-refractivity contribution in [2.24, 2.45) is 0 Å². The number of amides is 2. The number of carbonyl (C=O) groups is 2. The lowest BCUT2D eigenvalue weighted by atomic mass is 10.1. The lowest BCUT2D eigenvalue weighted by Gasteiger charge is -2.30. The molecule has 4 nitrogen and oxygen atoms in total. The molecular formula is C28H22N2O2S2. The van der Waals surface area contributed by atoms with Crippen molar-refractivity contribution in [3.8, 4) is 0 Å². The van der Waals surface area contributed by atoms with Gasteiger partial charge in [-0.1, -0.05) is 82.3 Å². The zero-order valence-electron chi connectivity index (χ0n) is 18.3. The molecule has 2 amide bonds. The Morgan fingerprint density at radius 3 is 1.24 bits per heavy atom. The van der Waals surface area contributed by atoms with Crippen molar-refractivity contribution in [2.45, 2.75) is 9.79 Å². The van der Waals surface area contributed by atoms with Crippen LogP contribution in [0, 0.1) is 0 Å². The maximum Gasteiger partial charge on any atom is 0.259 e. The van der Waals surface area contributed by atoms with Crippen LogP contribution in [0.4, 0.5) is 11.4 Å². The van der Waals surface area contributed by atoms with E-state index >= 15 is 0 Å². The number of rotatable bonds is 2. The van der Waals surface area contributed by atoms with E-state index in [2.05, 4.69) is 0 Å². The molecule has 1 heterocycles. The molecule has 0 N–H and O–H groups in total. The van der Waals surface area contributed by atoms with Crippen molar-refractivity contribution >= 4 is 44.8 Å². The maximum atomic E-state index is 13.8. The van der Waals surface area contributed by atoms with Crippen molar-refractivity contribution in [1.29, 1.82) is 0 Å². The van der Waals surface area contributed by atoms with Gasteiger partial charge in [0.15, 0.2) is 0 Å². The molecule has 0 aromatic heterocycles. The molecule has 4 aromatic carbocycles. The zero-order chi connectivity index (χ0) is 23.3. The first kappa shape index (κ1) is 22.3. The Balaban J connectivity index is 1.63. The fourth-order valence-corrected chi connectivity index (χ4v) is 6.27. The van der Waals surface area contributed by atoms with E-state index in [4.69, 9.17) is 0 Å². The van der Waals surface area contributed by atoms with Crippen LogP contribution < -0.4 is 9.80 Å². The Bertz CT molecular complexity index is 1210. The summed E-state index contributed by atoms with van der Waals surface area (Å²) in [6.07, 6.45) is 0. The van der Waals surface area contributed by atoms with E-state index in [1.807, 2.05) is 109 Å². The molecule has 0 unspecified atom stereocenters. The van der Waals surface area contributed by atoms with Crippen molar-refractivity contribution in [2.75, 3.05) is 22.9 Å². The van der Waals surface area contributed by atoms with E-state index in [9.17, 15) is 9.59 Å². The lowest BCUT2D eigenvalue weighted by Crippen LogP contribution is -2.42. The number of benzene rings is 4. The van der Waals surface area contributed by atoms with Gasteiger partial charge in [0.1, 0.15) is 0 Å². The van der Waals surface area contributed by atoms with Gasteiger partial charge in [-0.05, 0) is 48.5 Å². The van der Waals surface area contributed by atoms with Gasteiger partial charge < -0.3 is 9.80 Å². The van der Waals surface area contributed by atoms with Gasteiger partial charge >= 0.3 is 0 Å². The quantitative estimate of drug-likeness (QED) is 0.295. The highest BCUT2D eigenvalue weighted by Gasteiger charge is 2.26. The third-order valence-corrected chi connectivity index (χ3v) is 8.11. The van der Waals surface area contributed by atoms with Crippen LogP contribution in [0.15, 0.2) is 119 Å². The molecule has 0 saturated heterocycles. The molecule has 1 aliphatic rings. The van der Waals surface area contributed by atoms with Crippen molar-refractivity contribution < 1.29 is 9.59 Å². The average Bonchev–Trinajstić information content (AvgIpc) is 2.90. The van der Waals surface area contributed by atoms with Crippen LogP contribution in [0.2, 0.25) is 0 Å². The van der Waals surface area contributed by atoms with Crippen molar-refractivity contribution in [3.05, 3.63) is 120 Å². The van der Waals surface area contributed by atoms with Gasteiger partial charge in [-0.15, -0.1) is 0 Å². The molecule has 0 aliphatic carbocycles. The highest BCUT2D eigenvalue weighted by atomic mass is 33.1. The van der Waals surface area contributed by atoms with E-state index in [0.717, 1.165) is 21.2 Å². The fourth-order valence-electron chi connectivity index (χ4n) is 3.92. The summed E-state index contributed by atoms with van der Waals surface area (Å²) in [4.78, 5) is 32.9. The Morgan fingerprint density at radius 2 is 0.824 bits per heavy atom. The standard InChI is InChI=1S/C28H22N2O2S2/c31-27-23-15-7-9-17-25(23)33-34-26-18-10-8-16-24(26)28(32)30(22-13-5-2-6-14-22)20-19-29(27)21-11-3-1-4-12-21/h1-18H,19-20H2. The third-order valence-electron chi connectivity index (χ3n) is 5.63. The molecule has 6 heteroatoms. The van der Waals surface area contributed by atoms with Gasteiger partial charge in [0.25, 0.3) is 11.8 Å². The minimum absolute atomic E-state index is 0.0794. The Kier molecular flexibility index (Phi) is 6.70. The van der Waals surface area contributed by atoms with Crippen LogP contribution >= 0.6 is 21.6 Å². The molecule has 0 radical (unpaired) electrons. The summed E-state index contributed by atoms with van der Waals surface area (Å²) in [7, 11) is 3.01. The summed E-state index contributed by atoms with van der Waals surface area (Å²) in [5.74, 6) is -0.159. The van der Waals surface area contributed by atoms with E-state index < -0.39 is 0 Å². The molecule has 0 fully saturated rings. The highest BCUT2D eigenvalue weighted by molar-refractivity contribution is 8.76. The van der Waals surface area contributed by atoms with Crippen LogP contribution in [0.25, 0.3) is 0 Å². The monoisotopic (exact) mass is 482 g/mol. The van der Waals surface area contributed by atoms with Crippen LogP contribution in [-0.2, 0) is 0 Å². The van der Waals surface area contributed by atoms with Gasteiger partial charge in [-0.2, -0.15) is 0 Å². The number of para-hydroxylation sites is 2. The van der Waals surface area contributed by atoms with E-state index in [1.54, 1.807) is 9.80 Å². The molecule has 0 saturated carbocycles. The van der Waals surface area contributed by atoms with Crippen LogP contribution in [0.5, 0.6) is 0 Å². The summed E-state index contributed by atoms with van der Waals surface area (Å²) in [5, 5.41) is 0. The predicted molar refractivity (Wildman–Crippen MR) is 141 cm³/mol. The molecule has 34 heavy (non-hydrogen) atoms. The van der Waals surface area contributed by atoms with Crippen molar-refractivity contribution in [1.82, 2.24) is 0 Å². The molecule has 4 aromatic rings. The minimum Gasteiger partial charge on any atom is -0.307 e.